The number of hydrogen-bond acceptors (Lipinski definition) is 1. The molecule has 1 nitrogen and oxygen atoms in total. The van der Waals surface area contributed by atoms with E-state index in [0.29, 0.717) is 0 Å². The van der Waals surface area contributed by atoms with Crippen molar-refractivity contribution in [1.82, 2.24) is 4.90 Å². The average Bonchev–Trinajstić information content (AvgIpc) is 2.19. The Labute approximate surface area is 69.3 Å². The Morgan fingerprint density at radius 2 is 1.78 bits per heavy atom. The van der Waals surface area contributed by atoms with Crippen LogP contribution in [0.25, 0.3) is 0 Å². The zero-order valence-electron chi connectivity index (χ0n) is 5.14. The van der Waals surface area contributed by atoms with E-state index in [2.05, 4.69) is 18.0 Å². The van der Waals surface area contributed by atoms with Gasteiger partial charge in [-0.2, -0.15) is 0 Å². The van der Waals surface area contributed by atoms with Crippen LogP contribution in [-0.4, -0.2) is 36.9 Å². The molecule has 1 fully saturated rings. The van der Waals surface area contributed by atoms with Gasteiger partial charge in [0.25, 0.3) is 0 Å². The Balaban J connectivity index is 0.000000640. The summed E-state index contributed by atoms with van der Waals surface area (Å²) < 4.78 is 0. The van der Waals surface area contributed by atoms with E-state index in [1.165, 1.54) is 25.9 Å². The van der Waals surface area contributed by atoms with Crippen LogP contribution >= 0.6 is 0 Å². The minimum absolute atomic E-state index is 0. The standard InChI is InChI=1S/C7H12N.Li.H/c1-2-5-8-6-3-4-7-8;;/h2,5H,1,3-4,6-7H2;;. The van der Waals surface area contributed by atoms with Gasteiger partial charge in [0.2, 0.25) is 0 Å². The molecule has 47 valence electrons. The molecule has 0 atom stereocenters. The molecule has 0 aromatic heterocycles. The van der Waals surface area contributed by atoms with Crippen molar-refractivity contribution >= 4 is 18.9 Å². The molecule has 1 aliphatic heterocycles. The van der Waals surface area contributed by atoms with Crippen molar-refractivity contribution in [3.05, 3.63) is 19.2 Å². The fourth-order valence-corrected chi connectivity index (χ4v) is 1.04. The van der Waals surface area contributed by atoms with Crippen LogP contribution in [0.5, 0.6) is 0 Å². The fourth-order valence-electron chi connectivity index (χ4n) is 1.04. The van der Waals surface area contributed by atoms with Crippen LogP contribution in [0.1, 0.15) is 12.8 Å². The van der Waals surface area contributed by atoms with Crippen LogP contribution in [0.15, 0.2) is 12.7 Å². The number of rotatable bonds is 2. The van der Waals surface area contributed by atoms with Gasteiger partial charge in [-0.25, -0.2) is 0 Å². The molecule has 0 N–H and O–H groups in total. The van der Waals surface area contributed by atoms with Crippen LogP contribution < -0.4 is 0 Å². The molecule has 1 aliphatic rings. The summed E-state index contributed by atoms with van der Waals surface area (Å²) in [5, 5.41) is 0. The van der Waals surface area contributed by atoms with Gasteiger partial charge in [0.1, 0.15) is 0 Å². The summed E-state index contributed by atoms with van der Waals surface area (Å²) in [6.45, 7) is 8.15. The predicted octanol–water partition coefficient (Wildman–Crippen LogP) is 0.781. The van der Waals surface area contributed by atoms with E-state index in [4.69, 9.17) is 0 Å². The topological polar surface area (TPSA) is 3.24 Å². The summed E-state index contributed by atoms with van der Waals surface area (Å²) in [4.78, 5) is 2.30. The molecule has 9 heavy (non-hydrogen) atoms. The van der Waals surface area contributed by atoms with Gasteiger partial charge in [0.15, 0.2) is 0 Å². The fraction of sp³-hybridized carbons (Fsp3) is 0.571. The van der Waals surface area contributed by atoms with Crippen molar-refractivity contribution in [3.8, 4) is 0 Å². The summed E-state index contributed by atoms with van der Waals surface area (Å²) in [5.74, 6) is 0. The Bertz CT molecular complexity index is 77.0. The van der Waals surface area contributed by atoms with Crippen molar-refractivity contribution < 1.29 is 0 Å². The molecule has 0 spiro atoms. The molecule has 0 aliphatic carbocycles. The third-order valence-corrected chi connectivity index (χ3v) is 1.46. The summed E-state index contributed by atoms with van der Waals surface area (Å²) >= 11 is 0. The second-order valence-corrected chi connectivity index (χ2v) is 2.13. The summed E-state index contributed by atoms with van der Waals surface area (Å²) in [5.41, 5.74) is 0. The third kappa shape index (κ3) is 3.10. The number of hydrogen-bond donors (Lipinski definition) is 0. The van der Waals surface area contributed by atoms with Crippen LogP contribution in [0.2, 0.25) is 0 Å². The maximum atomic E-state index is 3.63. The molecule has 1 saturated heterocycles. The van der Waals surface area contributed by atoms with Crippen molar-refractivity contribution in [3.63, 3.8) is 0 Å². The molecule has 2 heteroatoms. The van der Waals surface area contributed by atoms with Gasteiger partial charge in [0, 0.05) is 6.54 Å². The first-order valence-corrected chi connectivity index (χ1v) is 3.13. The molecule has 1 heterocycles. The first kappa shape index (κ1) is 9.30. The van der Waals surface area contributed by atoms with Gasteiger partial charge < -0.3 is 0 Å². The van der Waals surface area contributed by atoms with E-state index in [1.807, 2.05) is 6.08 Å². The van der Waals surface area contributed by atoms with Crippen molar-refractivity contribution in [1.29, 1.82) is 0 Å². The van der Waals surface area contributed by atoms with Crippen LogP contribution in [0, 0.1) is 6.54 Å². The molecule has 0 aromatic carbocycles. The van der Waals surface area contributed by atoms with E-state index in [1.54, 1.807) is 0 Å². The van der Waals surface area contributed by atoms with E-state index in [0.717, 1.165) is 0 Å². The molecule has 0 unspecified atom stereocenters. The molecular weight excluding hydrogens is 105 g/mol. The van der Waals surface area contributed by atoms with E-state index in [9.17, 15) is 0 Å². The monoisotopic (exact) mass is 118 g/mol. The zero-order valence-corrected chi connectivity index (χ0v) is 5.14. The molecule has 1 radical (unpaired) electrons. The summed E-state index contributed by atoms with van der Waals surface area (Å²) in [6.07, 6.45) is 4.56. The van der Waals surface area contributed by atoms with E-state index < -0.39 is 0 Å². The average molecular weight is 118 g/mol. The Kier molecular flexibility index (Phi) is 5.28. The van der Waals surface area contributed by atoms with Crippen LogP contribution in [-0.2, 0) is 0 Å². The normalized spacial score (nSPS) is 19.1. The van der Waals surface area contributed by atoms with Crippen molar-refractivity contribution in [2.24, 2.45) is 0 Å². The first-order chi connectivity index (χ1) is 3.93. The maximum absolute atomic E-state index is 3.63. The molecule has 0 bridgehead atoms. The van der Waals surface area contributed by atoms with E-state index in [-0.39, 0.29) is 18.9 Å². The predicted molar refractivity (Wildman–Crippen MR) is 42.5 cm³/mol. The van der Waals surface area contributed by atoms with Crippen LogP contribution in [0.3, 0.4) is 0 Å². The molecular formula is C7H13LiN. The third-order valence-electron chi connectivity index (χ3n) is 1.46. The Hall–Kier alpha value is 0.297. The SMILES string of the molecule is C=C[CH]N1CCCC1.[LiH]. The summed E-state index contributed by atoms with van der Waals surface area (Å²) in [6, 6.07) is 0. The Morgan fingerprint density at radius 3 is 2.22 bits per heavy atom. The zero-order chi connectivity index (χ0) is 5.82. The van der Waals surface area contributed by atoms with Crippen molar-refractivity contribution in [2.75, 3.05) is 13.1 Å². The second-order valence-electron chi connectivity index (χ2n) is 2.13. The van der Waals surface area contributed by atoms with Gasteiger partial charge in [-0.3, -0.25) is 4.90 Å². The van der Waals surface area contributed by atoms with Crippen LogP contribution in [0.4, 0.5) is 0 Å². The quantitative estimate of drug-likeness (QED) is 0.484. The Morgan fingerprint density at radius 1 is 1.22 bits per heavy atom. The van der Waals surface area contributed by atoms with Gasteiger partial charge >= 0.3 is 18.9 Å². The summed E-state index contributed by atoms with van der Waals surface area (Å²) in [7, 11) is 0. The van der Waals surface area contributed by atoms with Gasteiger partial charge in [-0.05, 0) is 25.9 Å². The second kappa shape index (κ2) is 5.11. The van der Waals surface area contributed by atoms with Gasteiger partial charge in [0.05, 0.1) is 0 Å². The first-order valence-electron chi connectivity index (χ1n) is 3.13. The number of likely N-dealkylation sites (tertiary alicyclic amines) is 1. The van der Waals surface area contributed by atoms with E-state index >= 15 is 0 Å². The molecule has 1 rings (SSSR count). The molecule has 0 aromatic rings. The number of nitrogens with zero attached hydrogens (tertiary/aromatic N) is 1. The minimum atomic E-state index is 0. The molecule has 0 saturated carbocycles. The van der Waals surface area contributed by atoms with Gasteiger partial charge in [-0.15, -0.1) is 6.58 Å². The molecule has 0 amide bonds. The van der Waals surface area contributed by atoms with Crippen molar-refractivity contribution in [2.45, 2.75) is 12.8 Å². The van der Waals surface area contributed by atoms with Gasteiger partial charge in [-0.1, -0.05) is 6.08 Å².